The van der Waals surface area contributed by atoms with Gasteiger partial charge in [0, 0.05) is 19.7 Å². The third kappa shape index (κ3) is 3.51. The Morgan fingerprint density at radius 2 is 1.73 bits per heavy atom. The Hall–Kier alpha value is -0.950. The fraction of sp³-hybridized carbons (Fsp3) is 0.625. The summed E-state index contributed by atoms with van der Waals surface area (Å²) in [7, 11) is -1.90. The molecule has 0 heterocycles. The van der Waals surface area contributed by atoms with E-state index in [1.54, 1.807) is 7.11 Å². The minimum Gasteiger partial charge on any atom is -0.383 e. The van der Waals surface area contributed by atoms with Crippen LogP contribution in [0.1, 0.15) is 24.0 Å². The van der Waals surface area contributed by atoms with Gasteiger partial charge in [-0.1, -0.05) is 24.3 Å². The molecule has 122 valence electrons. The predicted octanol–water partition coefficient (Wildman–Crippen LogP) is 1.25. The molecule has 0 radical (unpaired) electrons. The lowest BCUT2D eigenvalue weighted by atomic mass is 9.94. The SMILES string of the molecule is COCCNS(=O)(=O)NC1C2CCC1Cc1ccccc1C2. The summed E-state index contributed by atoms with van der Waals surface area (Å²) in [5.74, 6) is 0.792. The Kier molecular flexibility index (Phi) is 4.82. The van der Waals surface area contributed by atoms with Gasteiger partial charge in [0.2, 0.25) is 0 Å². The highest BCUT2D eigenvalue weighted by molar-refractivity contribution is 7.87. The molecule has 0 saturated heterocycles. The van der Waals surface area contributed by atoms with Crippen LogP contribution in [0.3, 0.4) is 0 Å². The zero-order chi connectivity index (χ0) is 15.6. The average Bonchev–Trinajstić information content (AvgIpc) is 2.74. The molecule has 0 amide bonds. The number of nitrogens with one attached hydrogen (secondary N) is 2. The van der Waals surface area contributed by atoms with Gasteiger partial charge < -0.3 is 4.74 Å². The molecular weight excluding hydrogens is 300 g/mol. The molecule has 2 bridgehead atoms. The van der Waals surface area contributed by atoms with Gasteiger partial charge in [0.05, 0.1) is 6.61 Å². The third-order valence-corrected chi connectivity index (χ3v) is 6.06. The molecule has 0 spiro atoms. The van der Waals surface area contributed by atoms with Gasteiger partial charge in [-0.15, -0.1) is 0 Å². The van der Waals surface area contributed by atoms with Crippen LogP contribution < -0.4 is 9.44 Å². The van der Waals surface area contributed by atoms with Gasteiger partial charge in [-0.25, -0.2) is 0 Å². The number of hydrogen-bond acceptors (Lipinski definition) is 3. The lowest BCUT2D eigenvalue weighted by molar-refractivity contribution is 0.204. The van der Waals surface area contributed by atoms with Crippen molar-refractivity contribution >= 4 is 10.2 Å². The predicted molar refractivity (Wildman–Crippen MR) is 85.8 cm³/mol. The van der Waals surface area contributed by atoms with Gasteiger partial charge in [-0.3, -0.25) is 0 Å². The molecule has 2 unspecified atom stereocenters. The van der Waals surface area contributed by atoms with Crippen LogP contribution in [0.15, 0.2) is 24.3 Å². The van der Waals surface area contributed by atoms with Crippen LogP contribution in [-0.4, -0.2) is 34.7 Å². The molecule has 2 aliphatic rings. The summed E-state index contributed by atoms with van der Waals surface area (Å²) in [6.07, 6.45) is 4.14. The quantitative estimate of drug-likeness (QED) is 0.774. The van der Waals surface area contributed by atoms with Crippen LogP contribution in [0.5, 0.6) is 0 Å². The van der Waals surface area contributed by atoms with Crippen molar-refractivity contribution in [2.45, 2.75) is 31.7 Å². The van der Waals surface area contributed by atoms with Gasteiger partial charge in [-0.2, -0.15) is 17.9 Å². The van der Waals surface area contributed by atoms with Crippen molar-refractivity contribution in [3.63, 3.8) is 0 Å². The zero-order valence-electron chi connectivity index (χ0n) is 12.9. The van der Waals surface area contributed by atoms with Crippen LogP contribution >= 0.6 is 0 Å². The molecule has 2 N–H and O–H groups in total. The molecule has 3 rings (SSSR count). The van der Waals surface area contributed by atoms with E-state index in [4.69, 9.17) is 4.74 Å². The van der Waals surface area contributed by atoms with Crippen LogP contribution in [0, 0.1) is 11.8 Å². The number of benzene rings is 1. The van der Waals surface area contributed by atoms with Crippen LogP contribution in [0.4, 0.5) is 0 Å². The summed E-state index contributed by atoms with van der Waals surface area (Å²) in [5, 5.41) is 0. The molecule has 0 aromatic heterocycles. The van der Waals surface area contributed by atoms with Crippen molar-refractivity contribution in [3.05, 3.63) is 35.4 Å². The largest absolute Gasteiger partial charge is 0.383 e. The topological polar surface area (TPSA) is 67.4 Å². The van der Waals surface area contributed by atoms with Crippen molar-refractivity contribution in [2.24, 2.45) is 11.8 Å². The van der Waals surface area contributed by atoms with Crippen molar-refractivity contribution in [2.75, 3.05) is 20.3 Å². The Balaban J connectivity index is 1.71. The summed E-state index contributed by atoms with van der Waals surface area (Å²) in [4.78, 5) is 0. The summed E-state index contributed by atoms with van der Waals surface area (Å²) < 4.78 is 34.7. The second kappa shape index (κ2) is 6.66. The maximum atomic E-state index is 12.2. The average molecular weight is 324 g/mol. The Labute approximate surface area is 132 Å². The lowest BCUT2D eigenvalue weighted by Crippen LogP contribution is -2.47. The summed E-state index contributed by atoms with van der Waals surface area (Å²) in [5.41, 5.74) is 2.76. The number of fused-ring (bicyclic) bond motifs is 3. The molecule has 6 heteroatoms. The van der Waals surface area contributed by atoms with E-state index in [1.807, 2.05) is 0 Å². The first-order valence-electron chi connectivity index (χ1n) is 7.91. The van der Waals surface area contributed by atoms with Gasteiger partial charge >= 0.3 is 0 Å². The van der Waals surface area contributed by atoms with Gasteiger partial charge in [0.1, 0.15) is 0 Å². The first-order valence-corrected chi connectivity index (χ1v) is 9.40. The molecule has 1 aromatic carbocycles. The lowest BCUT2D eigenvalue weighted by Gasteiger charge is -2.23. The molecule has 1 aromatic rings. The molecule has 0 aliphatic heterocycles. The fourth-order valence-electron chi connectivity index (χ4n) is 3.84. The van der Waals surface area contributed by atoms with Gasteiger partial charge in [0.25, 0.3) is 10.2 Å². The number of hydrogen-bond donors (Lipinski definition) is 2. The van der Waals surface area contributed by atoms with E-state index in [0.717, 1.165) is 25.7 Å². The Bertz CT molecular complexity index is 585. The van der Waals surface area contributed by atoms with E-state index in [0.29, 0.717) is 25.0 Å². The van der Waals surface area contributed by atoms with Gasteiger partial charge in [0.15, 0.2) is 0 Å². The minimum atomic E-state index is -3.46. The monoisotopic (exact) mass is 324 g/mol. The van der Waals surface area contributed by atoms with E-state index in [-0.39, 0.29) is 6.04 Å². The maximum Gasteiger partial charge on any atom is 0.277 e. The summed E-state index contributed by atoms with van der Waals surface area (Å²) in [6.45, 7) is 0.679. The molecule has 2 atom stereocenters. The minimum absolute atomic E-state index is 0.0347. The second-order valence-corrected chi connectivity index (χ2v) is 7.84. The number of rotatable bonds is 6. The highest BCUT2D eigenvalue weighted by atomic mass is 32.2. The molecule has 1 saturated carbocycles. The van der Waals surface area contributed by atoms with E-state index in [9.17, 15) is 8.42 Å². The van der Waals surface area contributed by atoms with E-state index < -0.39 is 10.2 Å². The van der Waals surface area contributed by atoms with E-state index in [2.05, 4.69) is 33.7 Å². The molecule has 22 heavy (non-hydrogen) atoms. The highest BCUT2D eigenvalue weighted by Crippen LogP contribution is 2.40. The van der Waals surface area contributed by atoms with Crippen molar-refractivity contribution < 1.29 is 13.2 Å². The number of methoxy groups -OCH3 is 1. The van der Waals surface area contributed by atoms with E-state index >= 15 is 0 Å². The van der Waals surface area contributed by atoms with E-state index in [1.165, 1.54) is 11.1 Å². The maximum absolute atomic E-state index is 12.2. The summed E-state index contributed by atoms with van der Waals surface area (Å²) >= 11 is 0. The third-order valence-electron chi connectivity index (χ3n) is 4.90. The highest BCUT2D eigenvalue weighted by Gasteiger charge is 2.40. The molecule has 1 fully saturated rings. The normalized spacial score (nSPS) is 27.4. The zero-order valence-corrected chi connectivity index (χ0v) is 13.7. The van der Waals surface area contributed by atoms with Crippen molar-refractivity contribution in [3.8, 4) is 0 Å². The molecule has 5 nitrogen and oxygen atoms in total. The van der Waals surface area contributed by atoms with Crippen LogP contribution in [0.2, 0.25) is 0 Å². The number of ether oxygens (including phenoxy) is 1. The summed E-state index contributed by atoms with van der Waals surface area (Å²) in [6, 6.07) is 8.54. The first-order chi connectivity index (χ1) is 10.6. The smallest absolute Gasteiger partial charge is 0.277 e. The van der Waals surface area contributed by atoms with Crippen molar-refractivity contribution in [1.82, 2.24) is 9.44 Å². The first kappa shape index (κ1) is 15.9. The second-order valence-electron chi connectivity index (χ2n) is 6.31. The van der Waals surface area contributed by atoms with Gasteiger partial charge in [-0.05, 0) is 48.6 Å². The van der Waals surface area contributed by atoms with Crippen molar-refractivity contribution in [1.29, 1.82) is 0 Å². The van der Waals surface area contributed by atoms with Crippen LogP contribution in [0.25, 0.3) is 0 Å². The standard InChI is InChI=1S/C16H24N2O3S/c1-21-9-8-17-22(19,20)18-16-14-6-7-15(16)11-13-5-3-2-4-12(13)10-14/h2-5,14-18H,6-11H2,1H3. The fourth-order valence-corrected chi connectivity index (χ4v) is 5.02. The Morgan fingerprint density at radius 1 is 1.14 bits per heavy atom. The Morgan fingerprint density at radius 3 is 2.27 bits per heavy atom. The molecule has 2 aliphatic carbocycles. The van der Waals surface area contributed by atoms with Crippen LogP contribution in [-0.2, 0) is 27.8 Å². The molecular formula is C16H24N2O3S.